The molecule has 2 atom stereocenters. The summed E-state index contributed by atoms with van der Waals surface area (Å²) >= 11 is 0. The summed E-state index contributed by atoms with van der Waals surface area (Å²) in [5.41, 5.74) is 8.73. The Morgan fingerprint density at radius 3 is 2.53 bits per heavy atom. The summed E-state index contributed by atoms with van der Waals surface area (Å²) in [4.78, 5) is 0. The molecule has 1 aliphatic rings. The van der Waals surface area contributed by atoms with E-state index in [1.165, 1.54) is 5.56 Å². The van der Waals surface area contributed by atoms with E-state index in [-0.39, 0.29) is 12.0 Å². The van der Waals surface area contributed by atoms with Crippen LogP contribution < -0.4 is 10.5 Å². The molecule has 2 N–H and O–H groups in total. The molecule has 2 aromatic carbocycles. The van der Waals surface area contributed by atoms with Crippen molar-refractivity contribution >= 4 is 0 Å². The lowest BCUT2D eigenvalue weighted by atomic mass is 9.89. The molecule has 0 fully saturated rings. The standard InChI is InChI=1S/C15H15NO/c16-15(11-6-2-1-3-7-11)13-10-17-14-9-5-4-8-12(13)14/h1-9,13,15H,10,16H2. The van der Waals surface area contributed by atoms with Gasteiger partial charge in [-0.1, -0.05) is 48.5 Å². The summed E-state index contributed by atoms with van der Waals surface area (Å²) in [7, 11) is 0. The molecule has 0 saturated carbocycles. The van der Waals surface area contributed by atoms with Crippen LogP contribution in [0.25, 0.3) is 0 Å². The Morgan fingerprint density at radius 2 is 1.71 bits per heavy atom. The number of ether oxygens (including phenoxy) is 1. The highest BCUT2D eigenvalue weighted by Crippen LogP contribution is 2.39. The monoisotopic (exact) mass is 225 g/mol. The van der Waals surface area contributed by atoms with Crippen LogP contribution in [0.1, 0.15) is 23.1 Å². The molecule has 2 heteroatoms. The molecule has 0 amide bonds. The number of rotatable bonds is 2. The van der Waals surface area contributed by atoms with Crippen molar-refractivity contribution in [2.24, 2.45) is 5.73 Å². The Labute approximate surface area is 101 Å². The Bertz CT molecular complexity index is 509. The fourth-order valence-corrected chi connectivity index (χ4v) is 2.39. The van der Waals surface area contributed by atoms with E-state index in [4.69, 9.17) is 10.5 Å². The minimum absolute atomic E-state index is 0.000139. The van der Waals surface area contributed by atoms with Gasteiger partial charge < -0.3 is 10.5 Å². The van der Waals surface area contributed by atoms with Gasteiger partial charge in [0.25, 0.3) is 0 Å². The fourth-order valence-electron chi connectivity index (χ4n) is 2.39. The predicted octanol–water partition coefficient (Wildman–Crippen LogP) is 2.86. The molecule has 17 heavy (non-hydrogen) atoms. The van der Waals surface area contributed by atoms with Crippen molar-refractivity contribution in [1.82, 2.24) is 0 Å². The van der Waals surface area contributed by atoms with Crippen LogP contribution in [0.5, 0.6) is 5.75 Å². The lowest BCUT2D eigenvalue weighted by molar-refractivity contribution is 0.315. The molecule has 0 bridgehead atoms. The van der Waals surface area contributed by atoms with Crippen LogP contribution in [-0.4, -0.2) is 6.61 Å². The van der Waals surface area contributed by atoms with Crippen molar-refractivity contribution in [3.63, 3.8) is 0 Å². The van der Waals surface area contributed by atoms with E-state index in [0.29, 0.717) is 6.61 Å². The van der Waals surface area contributed by atoms with Crippen molar-refractivity contribution in [2.75, 3.05) is 6.61 Å². The fraction of sp³-hybridized carbons (Fsp3) is 0.200. The van der Waals surface area contributed by atoms with Crippen LogP contribution in [0.4, 0.5) is 0 Å². The molecule has 0 radical (unpaired) electrons. The summed E-state index contributed by atoms with van der Waals surface area (Å²) in [6, 6.07) is 18.4. The molecule has 3 rings (SSSR count). The summed E-state index contributed by atoms with van der Waals surface area (Å²) in [6.45, 7) is 0.676. The minimum atomic E-state index is -0.000139. The third-order valence-corrected chi connectivity index (χ3v) is 3.35. The average molecular weight is 225 g/mol. The van der Waals surface area contributed by atoms with Crippen LogP contribution >= 0.6 is 0 Å². The largest absolute Gasteiger partial charge is 0.493 e. The summed E-state index contributed by atoms with van der Waals surface area (Å²) in [6.07, 6.45) is 0. The van der Waals surface area contributed by atoms with Gasteiger partial charge in [0.2, 0.25) is 0 Å². The van der Waals surface area contributed by atoms with Crippen LogP contribution in [-0.2, 0) is 0 Å². The van der Waals surface area contributed by atoms with E-state index in [2.05, 4.69) is 18.2 Å². The SMILES string of the molecule is NC(c1ccccc1)C1COc2ccccc21. The van der Waals surface area contributed by atoms with Crippen molar-refractivity contribution in [1.29, 1.82) is 0 Å². The van der Waals surface area contributed by atoms with Gasteiger partial charge >= 0.3 is 0 Å². The Hall–Kier alpha value is -1.80. The molecule has 0 saturated heterocycles. The highest BCUT2D eigenvalue weighted by Gasteiger charge is 2.29. The zero-order valence-corrected chi connectivity index (χ0v) is 9.54. The number of nitrogens with two attached hydrogens (primary N) is 1. The molecule has 2 unspecified atom stereocenters. The first-order valence-corrected chi connectivity index (χ1v) is 5.88. The van der Waals surface area contributed by atoms with Gasteiger partial charge in [0.05, 0.1) is 6.61 Å². The van der Waals surface area contributed by atoms with Crippen molar-refractivity contribution < 1.29 is 4.74 Å². The van der Waals surface area contributed by atoms with Crippen molar-refractivity contribution in [3.8, 4) is 5.75 Å². The van der Waals surface area contributed by atoms with Gasteiger partial charge in [-0.2, -0.15) is 0 Å². The molecule has 0 spiro atoms. The molecule has 1 aliphatic heterocycles. The van der Waals surface area contributed by atoms with Crippen molar-refractivity contribution in [2.45, 2.75) is 12.0 Å². The second kappa shape index (κ2) is 4.22. The highest BCUT2D eigenvalue weighted by molar-refractivity contribution is 5.42. The van der Waals surface area contributed by atoms with Crippen LogP contribution in [0.3, 0.4) is 0 Å². The first-order valence-electron chi connectivity index (χ1n) is 5.88. The first-order chi connectivity index (χ1) is 8.36. The molecule has 2 aromatic rings. The second-order valence-corrected chi connectivity index (χ2v) is 4.39. The van der Waals surface area contributed by atoms with Gasteiger partial charge in [0, 0.05) is 17.5 Å². The van der Waals surface area contributed by atoms with E-state index >= 15 is 0 Å². The maximum absolute atomic E-state index is 6.34. The quantitative estimate of drug-likeness (QED) is 0.853. The Kier molecular flexibility index (Phi) is 2.57. The normalized spacial score (nSPS) is 19.5. The zero-order valence-electron chi connectivity index (χ0n) is 9.54. The average Bonchev–Trinajstić information content (AvgIpc) is 2.83. The van der Waals surface area contributed by atoms with Gasteiger partial charge in [-0.15, -0.1) is 0 Å². The number of hydrogen-bond donors (Lipinski definition) is 1. The number of fused-ring (bicyclic) bond motifs is 1. The van der Waals surface area contributed by atoms with Gasteiger partial charge in [-0.25, -0.2) is 0 Å². The number of hydrogen-bond acceptors (Lipinski definition) is 2. The molecular weight excluding hydrogens is 210 g/mol. The third kappa shape index (κ3) is 1.81. The molecule has 1 heterocycles. The lowest BCUT2D eigenvalue weighted by Crippen LogP contribution is -2.20. The minimum Gasteiger partial charge on any atom is -0.493 e. The van der Waals surface area contributed by atoms with E-state index in [1.807, 2.05) is 36.4 Å². The van der Waals surface area contributed by atoms with E-state index < -0.39 is 0 Å². The third-order valence-electron chi connectivity index (χ3n) is 3.35. The summed E-state index contributed by atoms with van der Waals surface area (Å²) in [5, 5.41) is 0. The molecular formula is C15H15NO. The molecule has 2 nitrogen and oxygen atoms in total. The smallest absolute Gasteiger partial charge is 0.122 e. The van der Waals surface area contributed by atoms with Gasteiger partial charge in [0.1, 0.15) is 5.75 Å². The van der Waals surface area contributed by atoms with E-state index in [0.717, 1.165) is 11.3 Å². The summed E-state index contributed by atoms with van der Waals surface area (Å²) in [5.74, 6) is 1.23. The Morgan fingerprint density at radius 1 is 1.00 bits per heavy atom. The van der Waals surface area contributed by atoms with Crippen LogP contribution in [0, 0.1) is 0 Å². The lowest BCUT2D eigenvalue weighted by Gasteiger charge is -2.18. The first kappa shape index (κ1) is 10.4. The predicted molar refractivity (Wildman–Crippen MR) is 68.0 cm³/mol. The van der Waals surface area contributed by atoms with Crippen LogP contribution in [0.2, 0.25) is 0 Å². The van der Waals surface area contributed by atoms with Gasteiger partial charge in [-0.3, -0.25) is 0 Å². The zero-order chi connectivity index (χ0) is 11.7. The second-order valence-electron chi connectivity index (χ2n) is 4.39. The Balaban J connectivity index is 1.92. The van der Waals surface area contributed by atoms with E-state index in [1.54, 1.807) is 0 Å². The van der Waals surface area contributed by atoms with Crippen molar-refractivity contribution in [3.05, 3.63) is 65.7 Å². The van der Waals surface area contributed by atoms with E-state index in [9.17, 15) is 0 Å². The maximum atomic E-state index is 6.34. The highest BCUT2D eigenvalue weighted by atomic mass is 16.5. The molecule has 0 aliphatic carbocycles. The molecule has 86 valence electrons. The van der Waals surface area contributed by atoms with Crippen LogP contribution in [0.15, 0.2) is 54.6 Å². The van der Waals surface area contributed by atoms with Gasteiger partial charge in [-0.05, 0) is 11.6 Å². The molecule has 0 aromatic heterocycles. The number of benzene rings is 2. The summed E-state index contributed by atoms with van der Waals surface area (Å²) < 4.78 is 5.67. The topological polar surface area (TPSA) is 35.2 Å². The van der Waals surface area contributed by atoms with Gasteiger partial charge in [0.15, 0.2) is 0 Å². The number of para-hydroxylation sites is 1. The maximum Gasteiger partial charge on any atom is 0.122 e.